The molecule has 8 heteroatoms. The summed E-state index contributed by atoms with van der Waals surface area (Å²) >= 11 is 0. The number of nitrogens with one attached hydrogen (secondary N) is 1. The second-order valence-electron chi connectivity index (χ2n) is 6.31. The third kappa shape index (κ3) is 2.33. The zero-order chi connectivity index (χ0) is 17.0. The number of rotatable bonds is 2. The van der Waals surface area contributed by atoms with E-state index in [1.165, 1.54) is 21.3 Å². The van der Waals surface area contributed by atoms with E-state index in [4.69, 9.17) is 0 Å². The molecule has 23 heavy (non-hydrogen) atoms. The number of hydrogen-bond acceptors (Lipinski definition) is 4. The fourth-order valence-corrected chi connectivity index (χ4v) is 4.84. The van der Waals surface area contributed by atoms with Crippen LogP contribution >= 0.6 is 0 Å². The van der Waals surface area contributed by atoms with Crippen molar-refractivity contribution < 1.29 is 18.0 Å². The van der Waals surface area contributed by atoms with Crippen LogP contribution in [0.3, 0.4) is 0 Å². The Labute approximate surface area is 135 Å². The number of sulfonamides is 1. The van der Waals surface area contributed by atoms with Crippen molar-refractivity contribution in [2.75, 3.05) is 25.0 Å². The summed E-state index contributed by atoms with van der Waals surface area (Å²) in [5.41, 5.74) is 0.269. The SMILES string of the molecule is CN1C(=O)Cc2cc(S(=O)(=O)N3CCNC(=O)C3(C)C)ccc21. The zero-order valence-electron chi connectivity index (χ0n) is 13.3. The Hall–Kier alpha value is -1.93. The van der Waals surface area contributed by atoms with Crippen molar-refractivity contribution in [2.45, 2.75) is 30.7 Å². The fourth-order valence-electron chi connectivity index (χ4n) is 3.03. The molecule has 2 aliphatic rings. The predicted octanol–water partition coefficient (Wildman–Crippen LogP) is 0.105. The lowest BCUT2D eigenvalue weighted by Gasteiger charge is -2.39. The van der Waals surface area contributed by atoms with Crippen molar-refractivity contribution in [1.29, 1.82) is 0 Å². The van der Waals surface area contributed by atoms with Gasteiger partial charge in [0.1, 0.15) is 5.54 Å². The Bertz CT molecular complexity index is 801. The third-order valence-electron chi connectivity index (χ3n) is 4.50. The van der Waals surface area contributed by atoms with Gasteiger partial charge >= 0.3 is 0 Å². The van der Waals surface area contributed by atoms with E-state index in [9.17, 15) is 18.0 Å². The van der Waals surface area contributed by atoms with Crippen molar-refractivity contribution >= 4 is 27.5 Å². The van der Waals surface area contributed by atoms with E-state index in [2.05, 4.69) is 5.32 Å². The van der Waals surface area contributed by atoms with Crippen LogP contribution in [0.1, 0.15) is 19.4 Å². The van der Waals surface area contributed by atoms with Crippen LogP contribution in [0.25, 0.3) is 0 Å². The highest BCUT2D eigenvalue weighted by Gasteiger charge is 2.45. The molecule has 1 N–H and O–H groups in total. The second-order valence-corrected chi connectivity index (χ2v) is 8.17. The summed E-state index contributed by atoms with van der Waals surface area (Å²) in [7, 11) is -2.15. The van der Waals surface area contributed by atoms with Crippen LogP contribution in [0, 0.1) is 0 Å². The van der Waals surface area contributed by atoms with Crippen LogP contribution in [0.5, 0.6) is 0 Å². The minimum Gasteiger partial charge on any atom is -0.353 e. The van der Waals surface area contributed by atoms with Crippen molar-refractivity contribution in [3.8, 4) is 0 Å². The molecule has 7 nitrogen and oxygen atoms in total. The number of amides is 2. The molecule has 0 bridgehead atoms. The van der Waals surface area contributed by atoms with E-state index in [0.29, 0.717) is 5.56 Å². The van der Waals surface area contributed by atoms with Gasteiger partial charge in [0.25, 0.3) is 0 Å². The zero-order valence-corrected chi connectivity index (χ0v) is 14.1. The molecule has 1 aromatic carbocycles. The van der Waals surface area contributed by atoms with E-state index >= 15 is 0 Å². The summed E-state index contributed by atoms with van der Waals surface area (Å²) in [6.07, 6.45) is 0.194. The molecule has 0 saturated carbocycles. The van der Waals surface area contributed by atoms with Crippen LogP contribution in [0.2, 0.25) is 0 Å². The highest BCUT2D eigenvalue weighted by atomic mass is 32.2. The van der Waals surface area contributed by atoms with Gasteiger partial charge in [0, 0.05) is 25.8 Å². The molecular weight excluding hydrogens is 318 g/mol. The first-order chi connectivity index (χ1) is 10.7. The average Bonchev–Trinajstić information content (AvgIpc) is 2.76. The normalized spacial score (nSPS) is 21.3. The summed E-state index contributed by atoms with van der Waals surface area (Å²) in [6.45, 7) is 3.68. The van der Waals surface area contributed by atoms with Gasteiger partial charge in [-0.2, -0.15) is 4.31 Å². The molecule has 2 heterocycles. The van der Waals surface area contributed by atoms with Gasteiger partial charge < -0.3 is 10.2 Å². The fraction of sp³-hybridized carbons (Fsp3) is 0.467. The molecule has 124 valence electrons. The van der Waals surface area contributed by atoms with E-state index in [-0.39, 0.29) is 36.2 Å². The lowest BCUT2D eigenvalue weighted by atomic mass is 10.0. The molecular formula is C15H19N3O4S. The molecule has 3 rings (SSSR count). The summed E-state index contributed by atoms with van der Waals surface area (Å²) in [4.78, 5) is 25.4. The van der Waals surface area contributed by atoms with E-state index < -0.39 is 15.6 Å². The first-order valence-corrected chi connectivity index (χ1v) is 8.80. The van der Waals surface area contributed by atoms with Crippen LogP contribution in [0.15, 0.2) is 23.1 Å². The molecule has 2 aliphatic heterocycles. The van der Waals surface area contributed by atoms with Crippen molar-refractivity contribution in [1.82, 2.24) is 9.62 Å². The highest BCUT2D eigenvalue weighted by molar-refractivity contribution is 7.89. The van der Waals surface area contributed by atoms with Gasteiger partial charge in [-0.05, 0) is 37.6 Å². The molecule has 0 spiro atoms. The smallest absolute Gasteiger partial charge is 0.244 e. The van der Waals surface area contributed by atoms with Crippen LogP contribution in [-0.4, -0.2) is 50.2 Å². The molecule has 1 aromatic rings. The number of nitrogens with zero attached hydrogens (tertiary/aromatic N) is 2. The Kier molecular flexibility index (Phi) is 3.49. The quantitative estimate of drug-likeness (QED) is 0.829. The maximum Gasteiger partial charge on any atom is 0.244 e. The van der Waals surface area contributed by atoms with Crippen molar-refractivity contribution in [2.24, 2.45) is 0 Å². The predicted molar refractivity (Wildman–Crippen MR) is 84.5 cm³/mol. The molecule has 1 fully saturated rings. The Morgan fingerprint density at radius 1 is 1.22 bits per heavy atom. The number of likely N-dealkylation sites (N-methyl/N-ethyl adjacent to an activating group) is 1. The minimum absolute atomic E-state index is 0.0628. The van der Waals surface area contributed by atoms with E-state index in [0.717, 1.165) is 5.69 Å². The van der Waals surface area contributed by atoms with Gasteiger partial charge in [0.05, 0.1) is 11.3 Å². The van der Waals surface area contributed by atoms with Crippen molar-refractivity contribution in [3.63, 3.8) is 0 Å². The molecule has 0 aromatic heterocycles. The van der Waals surface area contributed by atoms with E-state index in [1.807, 2.05) is 0 Å². The number of fused-ring (bicyclic) bond motifs is 1. The third-order valence-corrected chi connectivity index (χ3v) is 6.56. The summed E-state index contributed by atoms with van der Waals surface area (Å²) < 4.78 is 27.1. The Balaban J connectivity index is 2.03. The molecule has 1 saturated heterocycles. The summed E-state index contributed by atoms with van der Waals surface area (Å²) in [5.74, 6) is -0.379. The second kappa shape index (κ2) is 5.04. The van der Waals surface area contributed by atoms with Gasteiger partial charge in [-0.3, -0.25) is 9.59 Å². The molecule has 0 aliphatic carbocycles. The molecule has 0 atom stereocenters. The largest absolute Gasteiger partial charge is 0.353 e. The Morgan fingerprint density at radius 2 is 1.91 bits per heavy atom. The maximum atomic E-state index is 13.0. The van der Waals surface area contributed by atoms with Gasteiger partial charge in [-0.15, -0.1) is 0 Å². The topological polar surface area (TPSA) is 86.8 Å². The standard InChI is InChI=1S/C15H19N3O4S/c1-15(2)14(20)16-6-7-18(15)23(21,22)11-4-5-12-10(8-11)9-13(19)17(12)3/h4-5,8H,6-7,9H2,1-3H3,(H,16,20). The number of benzene rings is 1. The minimum atomic E-state index is -3.82. The van der Waals surface area contributed by atoms with Crippen LogP contribution in [0.4, 0.5) is 5.69 Å². The van der Waals surface area contributed by atoms with E-state index in [1.54, 1.807) is 27.0 Å². The first-order valence-electron chi connectivity index (χ1n) is 7.36. The molecule has 0 radical (unpaired) electrons. The number of anilines is 1. The number of carbonyl (C=O) groups is 2. The lowest BCUT2D eigenvalue weighted by molar-refractivity contribution is -0.131. The maximum absolute atomic E-state index is 13.0. The van der Waals surface area contributed by atoms with Crippen LogP contribution < -0.4 is 10.2 Å². The highest BCUT2D eigenvalue weighted by Crippen LogP contribution is 2.32. The lowest BCUT2D eigenvalue weighted by Crippen LogP contribution is -2.63. The monoisotopic (exact) mass is 337 g/mol. The summed E-state index contributed by atoms with van der Waals surface area (Å²) in [5, 5.41) is 2.68. The van der Waals surface area contributed by atoms with Gasteiger partial charge in [0.2, 0.25) is 21.8 Å². The molecule has 2 amide bonds. The van der Waals surface area contributed by atoms with Gasteiger partial charge in [0.15, 0.2) is 0 Å². The first kappa shape index (κ1) is 15.9. The van der Waals surface area contributed by atoms with Crippen LogP contribution in [-0.2, 0) is 26.0 Å². The number of carbonyl (C=O) groups excluding carboxylic acids is 2. The summed E-state index contributed by atoms with van der Waals surface area (Å²) in [6, 6.07) is 4.67. The number of piperazine rings is 1. The number of hydrogen-bond donors (Lipinski definition) is 1. The van der Waals surface area contributed by atoms with Gasteiger partial charge in [-0.25, -0.2) is 8.42 Å². The Morgan fingerprint density at radius 3 is 2.61 bits per heavy atom. The van der Waals surface area contributed by atoms with Gasteiger partial charge in [-0.1, -0.05) is 0 Å². The average molecular weight is 337 g/mol. The molecule has 0 unspecified atom stereocenters. The van der Waals surface area contributed by atoms with Crippen molar-refractivity contribution in [3.05, 3.63) is 23.8 Å².